The lowest BCUT2D eigenvalue weighted by atomic mass is 9.85. The number of hydrogen-bond donors (Lipinski definition) is 1. The van der Waals surface area contributed by atoms with Crippen molar-refractivity contribution < 1.29 is 14.7 Å². The molecule has 1 aromatic carbocycles. The summed E-state index contributed by atoms with van der Waals surface area (Å²) in [6.45, 7) is 7.86. The number of carbonyl (C=O) groups is 1. The molecule has 0 saturated heterocycles. The van der Waals surface area contributed by atoms with Gasteiger partial charge in [0.05, 0.1) is 12.1 Å². The van der Waals surface area contributed by atoms with Crippen molar-refractivity contribution in [3.8, 4) is 0 Å². The molecule has 0 fully saturated rings. The Balaban J connectivity index is 2.57. The topological polar surface area (TPSA) is 71.2 Å². The Kier molecular flexibility index (Phi) is 4.11. The van der Waals surface area contributed by atoms with Gasteiger partial charge in [-0.2, -0.15) is 0 Å². The van der Waals surface area contributed by atoms with Gasteiger partial charge in [0, 0.05) is 5.56 Å². The fraction of sp³-hybridized carbons (Fsp3) is 0.438. The minimum atomic E-state index is -0.663. The summed E-state index contributed by atoms with van der Waals surface area (Å²) in [5.41, 5.74) is 2.86. The van der Waals surface area contributed by atoms with E-state index >= 15 is 0 Å². The van der Waals surface area contributed by atoms with Gasteiger partial charge in [0.2, 0.25) is 5.71 Å². The number of esters is 1. The number of oxime groups is 1. The van der Waals surface area contributed by atoms with E-state index in [9.17, 15) is 10.0 Å². The highest BCUT2D eigenvalue weighted by atomic mass is 16.5. The minimum absolute atomic E-state index is 0.142. The highest BCUT2D eigenvalue weighted by molar-refractivity contribution is 6.69. The molecular weight excluding hydrogens is 268 g/mol. The Morgan fingerprint density at radius 2 is 2.19 bits per heavy atom. The lowest BCUT2D eigenvalue weighted by Gasteiger charge is -2.29. The third kappa shape index (κ3) is 3.12. The van der Waals surface area contributed by atoms with Crippen LogP contribution in [0.3, 0.4) is 0 Å². The summed E-state index contributed by atoms with van der Waals surface area (Å²) < 4.78 is 4.95. The zero-order valence-corrected chi connectivity index (χ0v) is 12.8. The Labute approximate surface area is 124 Å². The van der Waals surface area contributed by atoms with Crippen LogP contribution in [-0.2, 0) is 16.0 Å². The Bertz CT molecular complexity index is 630. The molecule has 0 saturated carbocycles. The van der Waals surface area contributed by atoms with Crippen molar-refractivity contribution in [2.75, 3.05) is 6.61 Å². The van der Waals surface area contributed by atoms with Crippen LogP contribution in [0.1, 0.15) is 37.5 Å². The summed E-state index contributed by atoms with van der Waals surface area (Å²) in [4.78, 5) is 16.6. The van der Waals surface area contributed by atoms with Gasteiger partial charge in [-0.3, -0.25) is 4.99 Å². The molecule has 0 radical (unpaired) electrons. The van der Waals surface area contributed by atoms with Crippen molar-refractivity contribution in [1.82, 2.24) is 0 Å². The van der Waals surface area contributed by atoms with Gasteiger partial charge in [0.15, 0.2) is 0 Å². The van der Waals surface area contributed by atoms with Gasteiger partial charge >= 0.3 is 5.97 Å². The maximum Gasteiger partial charge on any atom is 0.362 e. The zero-order valence-electron chi connectivity index (χ0n) is 12.8. The lowest BCUT2D eigenvalue weighted by molar-refractivity contribution is -0.134. The third-order valence-corrected chi connectivity index (χ3v) is 3.35. The van der Waals surface area contributed by atoms with Crippen LogP contribution in [0.25, 0.3) is 0 Å². The number of rotatable bonds is 3. The van der Waals surface area contributed by atoms with Gasteiger partial charge < -0.3 is 9.94 Å². The molecule has 0 aliphatic carbocycles. The van der Waals surface area contributed by atoms with E-state index in [1.165, 1.54) is 0 Å². The number of carbonyl (C=O) groups excluding carboxylic acids is 1. The van der Waals surface area contributed by atoms with Crippen LogP contribution in [0.2, 0.25) is 0 Å². The number of nitrogens with zero attached hydrogens (tertiary/aromatic N) is 2. The van der Waals surface area contributed by atoms with Gasteiger partial charge in [-0.15, -0.1) is 0 Å². The predicted octanol–water partition coefficient (Wildman–Crippen LogP) is 2.51. The number of aliphatic imine (C=N–C) groups is 1. The second kappa shape index (κ2) is 5.68. The number of benzene rings is 1. The molecule has 5 nitrogen and oxygen atoms in total. The van der Waals surface area contributed by atoms with Crippen LogP contribution in [0.4, 0.5) is 0 Å². The molecule has 1 N–H and O–H groups in total. The second-order valence-corrected chi connectivity index (χ2v) is 5.78. The highest BCUT2D eigenvalue weighted by Crippen LogP contribution is 2.28. The second-order valence-electron chi connectivity index (χ2n) is 5.78. The molecule has 5 heteroatoms. The summed E-state index contributed by atoms with van der Waals surface area (Å²) in [6.07, 6.45) is 0.771. The molecule has 0 aromatic heterocycles. The van der Waals surface area contributed by atoms with E-state index < -0.39 is 5.97 Å². The van der Waals surface area contributed by atoms with Gasteiger partial charge in [-0.05, 0) is 45.7 Å². The molecular formula is C16H20N2O3. The maximum absolute atomic E-state index is 12.0. The first-order chi connectivity index (χ1) is 9.88. The molecule has 0 unspecified atom stereocenters. The average molecular weight is 288 g/mol. The molecule has 0 atom stereocenters. The average Bonchev–Trinajstić information content (AvgIpc) is 2.40. The molecule has 2 rings (SSSR count). The van der Waals surface area contributed by atoms with Crippen LogP contribution in [0, 0.1) is 6.92 Å². The smallest absolute Gasteiger partial charge is 0.362 e. The zero-order chi connectivity index (χ0) is 15.6. The van der Waals surface area contributed by atoms with E-state index in [2.05, 4.69) is 10.1 Å². The summed E-state index contributed by atoms with van der Waals surface area (Å²) >= 11 is 0. The molecule has 1 aliphatic rings. The molecule has 0 spiro atoms. The van der Waals surface area contributed by atoms with Crippen molar-refractivity contribution in [3.63, 3.8) is 0 Å². The van der Waals surface area contributed by atoms with Crippen molar-refractivity contribution in [3.05, 3.63) is 34.9 Å². The molecule has 1 aromatic rings. The first-order valence-electron chi connectivity index (χ1n) is 6.97. The number of fused-ring (bicyclic) bond motifs is 1. The first-order valence-corrected chi connectivity index (χ1v) is 6.97. The summed E-state index contributed by atoms with van der Waals surface area (Å²) in [6, 6.07) is 6.01. The molecule has 0 amide bonds. The van der Waals surface area contributed by atoms with E-state index in [0.29, 0.717) is 5.71 Å². The third-order valence-electron chi connectivity index (χ3n) is 3.35. The van der Waals surface area contributed by atoms with Crippen LogP contribution in [-0.4, -0.2) is 34.7 Å². The fourth-order valence-electron chi connectivity index (χ4n) is 2.50. The molecule has 1 heterocycles. The van der Waals surface area contributed by atoms with Crippen molar-refractivity contribution in [2.45, 2.75) is 39.7 Å². The molecule has 112 valence electrons. The van der Waals surface area contributed by atoms with E-state index in [1.54, 1.807) is 6.92 Å². The maximum atomic E-state index is 12.0. The standard InChI is InChI=1S/C16H20N2O3/c1-5-21-15(19)14(18-20)13-12-8-10(2)6-7-11(12)9-16(3,4)17-13/h6-8,20H,5,9H2,1-4H3/b18-14+. The van der Waals surface area contributed by atoms with Crippen LogP contribution >= 0.6 is 0 Å². The fourth-order valence-corrected chi connectivity index (χ4v) is 2.50. The molecule has 21 heavy (non-hydrogen) atoms. The molecule has 0 bridgehead atoms. The van der Waals surface area contributed by atoms with Crippen LogP contribution in [0.5, 0.6) is 0 Å². The van der Waals surface area contributed by atoms with Gasteiger partial charge in [0.25, 0.3) is 0 Å². The number of hydrogen-bond acceptors (Lipinski definition) is 5. The summed E-state index contributed by atoms with van der Waals surface area (Å²) in [5, 5.41) is 12.4. The van der Waals surface area contributed by atoms with Gasteiger partial charge in [-0.1, -0.05) is 22.9 Å². The van der Waals surface area contributed by atoms with Gasteiger partial charge in [0.1, 0.15) is 5.71 Å². The van der Waals surface area contributed by atoms with E-state index in [0.717, 1.165) is 23.1 Å². The predicted molar refractivity (Wildman–Crippen MR) is 81.4 cm³/mol. The number of aryl methyl sites for hydroxylation is 1. The Morgan fingerprint density at radius 3 is 2.81 bits per heavy atom. The van der Waals surface area contributed by atoms with E-state index in [-0.39, 0.29) is 17.9 Å². The van der Waals surface area contributed by atoms with E-state index in [1.807, 2.05) is 39.0 Å². The Hall–Kier alpha value is -2.17. The Morgan fingerprint density at radius 1 is 1.48 bits per heavy atom. The minimum Gasteiger partial charge on any atom is -0.461 e. The summed E-state index contributed by atoms with van der Waals surface area (Å²) in [5.74, 6) is -0.663. The van der Waals surface area contributed by atoms with E-state index in [4.69, 9.17) is 4.74 Å². The normalized spacial score (nSPS) is 17.0. The largest absolute Gasteiger partial charge is 0.461 e. The van der Waals surface area contributed by atoms with Gasteiger partial charge in [-0.25, -0.2) is 4.79 Å². The SMILES string of the molecule is CCOC(=O)/C(=N/O)C1=NC(C)(C)Cc2ccc(C)cc21. The van der Waals surface area contributed by atoms with Crippen LogP contribution in [0.15, 0.2) is 28.3 Å². The highest BCUT2D eigenvalue weighted by Gasteiger charge is 2.32. The lowest BCUT2D eigenvalue weighted by Crippen LogP contribution is -2.36. The van der Waals surface area contributed by atoms with Crippen molar-refractivity contribution in [1.29, 1.82) is 0 Å². The van der Waals surface area contributed by atoms with Crippen LogP contribution < -0.4 is 0 Å². The summed E-state index contributed by atoms with van der Waals surface area (Å²) in [7, 11) is 0. The number of ether oxygens (including phenoxy) is 1. The first kappa shape index (κ1) is 15.2. The van der Waals surface area contributed by atoms with Crippen molar-refractivity contribution in [2.24, 2.45) is 10.1 Å². The quantitative estimate of drug-likeness (QED) is 0.402. The monoisotopic (exact) mass is 288 g/mol. The molecule has 1 aliphatic heterocycles. The van der Waals surface area contributed by atoms with Crippen molar-refractivity contribution >= 4 is 17.4 Å².